The first-order valence-corrected chi connectivity index (χ1v) is 6.52. The van der Waals surface area contributed by atoms with Crippen LogP contribution in [0, 0.1) is 12.3 Å². The van der Waals surface area contributed by atoms with E-state index in [2.05, 4.69) is 25.1 Å². The Hall–Kier alpha value is -0.480. The second-order valence-corrected chi connectivity index (χ2v) is 4.24. The molecule has 0 aliphatic rings. The summed E-state index contributed by atoms with van der Waals surface area (Å²) >= 11 is 0. The van der Waals surface area contributed by atoms with Crippen molar-refractivity contribution in [1.29, 1.82) is 0 Å². The first-order chi connectivity index (χ1) is 7.35. The van der Waals surface area contributed by atoms with Gasteiger partial charge in [0.2, 0.25) is 0 Å². The van der Waals surface area contributed by atoms with Crippen LogP contribution in [-0.2, 0) is 0 Å². The molecule has 0 aromatic carbocycles. The van der Waals surface area contributed by atoms with Gasteiger partial charge >= 0.3 is 0 Å². The van der Waals surface area contributed by atoms with Gasteiger partial charge in [-0.25, -0.2) is 0 Å². The lowest BCUT2D eigenvalue weighted by molar-refractivity contribution is 0.427. The molecule has 0 radical (unpaired) electrons. The van der Waals surface area contributed by atoms with E-state index in [4.69, 9.17) is 6.42 Å². The maximum atomic E-state index is 5.27. The van der Waals surface area contributed by atoms with Crippen molar-refractivity contribution in [2.75, 3.05) is 6.54 Å². The van der Waals surface area contributed by atoms with E-state index in [0.717, 1.165) is 13.0 Å². The SMILES string of the molecule is C#CCCCC(CCCCC)NCCC. The molecular formula is C14H27N. The molecule has 0 bridgehead atoms. The first-order valence-electron chi connectivity index (χ1n) is 6.52. The second-order valence-electron chi connectivity index (χ2n) is 4.24. The van der Waals surface area contributed by atoms with Gasteiger partial charge in [0.1, 0.15) is 0 Å². The zero-order chi connectivity index (χ0) is 11.4. The molecule has 88 valence electrons. The van der Waals surface area contributed by atoms with Gasteiger partial charge in [-0.05, 0) is 32.2 Å². The average Bonchev–Trinajstić information content (AvgIpc) is 2.25. The Morgan fingerprint density at radius 3 is 2.40 bits per heavy atom. The smallest absolute Gasteiger partial charge is 0.00866 e. The lowest BCUT2D eigenvalue weighted by atomic mass is 10.0. The molecule has 0 aliphatic heterocycles. The summed E-state index contributed by atoms with van der Waals surface area (Å²) in [6.45, 7) is 5.62. The normalized spacial score (nSPS) is 12.3. The standard InChI is InChI=1S/C14H27N/c1-4-7-9-11-14(15-13-6-3)12-10-8-5-2/h1,14-15H,5-13H2,2-3H3. The molecule has 0 aromatic heterocycles. The molecule has 15 heavy (non-hydrogen) atoms. The maximum Gasteiger partial charge on any atom is 0.00866 e. The summed E-state index contributed by atoms with van der Waals surface area (Å²) in [7, 11) is 0. The Bertz CT molecular complexity index is 157. The van der Waals surface area contributed by atoms with Crippen molar-refractivity contribution in [2.45, 2.75) is 71.3 Å². The van der Waals surface area contributed by atoms with Gasteiger partial charge in [0, 0.05) is 12.5 Å². The number of rotatable bonds is 10. The van der Waals surface area contributed by atoms with Crippen LogP contribution < -0.4 is 5.32 Å². The Kier molecular flexibility index (Phi) is 11.2. The Balaban J connectivity index is 3.59. The van der Waals surface area contributed by atoms with E-state index in [1.54, 1.807) is 0 Å². The minimum Gasteiger partial charge on any atom is -0.314 e. The fraction of sp³-hybridized carbons (Fsp3) is 0.857. The lowest BCUT2D eigenvalue weighted by Crippen LogP contribution is -2.29. The fourth-order valence-corrected chi connectivity index (χ4v) is 1.79. The zero-order valence-corrected chi connectivity index (χ0v) is 10.5. The molecule has 1 N–H and O–H groups in total. The summed E-state index contributed by atoms with van der Waals surface area (Å²) in [6, 6.07) is 0.699. The zero-order valence-electron chi connectivity index (χ0n) is 10.5. The number of nitrogens with one attached hydrogen (secondary N) is 1. The van der Waals surface area contributed by atoms with E-state index >= 15 is 0 Å². The monoisotopic (exact) mass is 209 g/mol. The Morgan fingerprint density at radius 2 is 1.80 bits per heavy atom. The molecule has 1 heteroatoms. The molecule has 0 saturated carbocycles. The minimum atomic E-state index is 0.699. The highest BCUT2D eigenvalue weighted by Crippen LogP contribution is 2.09. The topological polar surface area (TPSA) is 12.0 Å². The summed E-state index contributed by atoms with van der Waals surface area (Å²) in [5.74, 6) is 2.72. The molecule has 0 aliphatic carbocycles. The summed E-state index contributed by atoms with van der Waals surface area (Å²) in [5.41, 5.74) is 0. The van der Waals surface area contributed by atoms with Crippen LogP contribution in [0.3, 0.4) is 0 Å². The molecule has 0 aromatic rings. The predicted molar refractivity (Wildman–Crippen MR) is 68.9 cm³/mol. The molecule has 0 heterocycles. The highest BCUT2D eigenvalue weighted by molar-refractivity contribution is 4.83. The first kappa shape index (κ1) is 14.5. The maximum absolute atomic E-state index is 5.27. The van der Waals surface area contributed by atoms with Crippen molar-refractivity contribution < 1.29 is 0 Å². The lowest BCUT2D eigenvalue weighted by Gasteiger charge is -2.17. The molecule has 1 atom stereocenters. The highest BCUT2D eigenvalue weighted by atomic mass is 14.9. The third-order valence-electron chi connectivity index (χ3n) is 2.71. The van der Waals surface area contributed by atoms with Crippen LogP contribution in [-0.4, -0.2) is 12.6 Å². The van der Waals surface area contributed by atoms with Crippen LogP contribution in [0.5, 0.6) is 0 Å². The van der Waals surface area contributed by atoms with Crippen molar-refractivity contribution in [1.82, 2.24) is 5.32 Å². The molecule has 1 unspecified atom stereocenters. The highest BCUT2D eigenvalue weighted by Gasteiger charge is 2.06. The van der Waals surface area contributed by atoms with Crippen LogP contribution >= 0.6 is 0 Å². The number of hydrogen-bond acceptors (Lipinski definition) is 1. The van der Waals surface area contributed by atoms with Gasteiger partial charge in [-0.1, -0.05) is 33.1 Å². The predicted octanol–water partition coefficient (Wildman–Crippen LogP) is 3.74. The molecule has 1 nitrogen and oxygen atoms in total. The van der Waals surface area contributed by atoms with Crippen LogP contribution in [0.2, 0.25) is 0 Å². The molecule has 0 fully saturated rings. The van der Waals surface area contributed by atoms with Gasteiger partial charge in [-0.3, -0.25) is 0 Å². The molecule has 0 spiro atoms. The van der Waals surface area contributed by atoms with Crippen LogP contribution in [0.4, 0.5) is 0 Å². The number of hydrogen-bond donors (Lipinski definition) is 1. The van der Waals surface area contributed by atoms with Crippen LogP contribution in [0.25, 0.3) is 0 Å². The van der Waals surface area contributed by atoms with E-state index in [9.17, 15) is 0 Å². The van der Waals surface area contributed by atoms with Crippen molar-refractivity contribution >= 4 is 0 Å². The summed E-state index contributed by atoms with van der Waals surface area (Å²) < 4.78 is 0. The number of terminal acetylenes is 1. The Labute approximate surface area is 96.0 Å². The van der Waals surface area contributed by atoms with E-state index in [-0.39, 0.29) is 0 Å². The van der Waals surface area contributed by atoms with Crippen molar-refractivity contribution in [3.63, 3.8) is 0 Å². The van der Waals surface area contributed by atoms with Crippen molar-refractivity contribution in [3.8, 4) is 12.3 Å². The van der Waals surface area contributed by atoms with E-state index in [1.807, 2.05) is 0 Å². The average molecular weight is 209 g/mol. The summed E-state index contributed by atoms with van der Waals surface area (Å²) in [6.07, 6.45) is 15.2. The molecule has 0 amide bonds. The Morgan fingerprint density at radius 1 is 1.07 bits per heavy atom. The van der Waals surface area contributed by atoms with E-state index < -0.39 is 0 Å². The minimum absolute atomic E-state index is 0.699. The van der Waals surface area contributed by atoms with Gasteiger partial charge < -0.3 is 5.32 Å². The quantitative estimate of drug-likeness (QED) is 0.427. The van der Waals surface area contributed by atoms with E-state index in [0.29, 0.717) is 6.04 Å². The van der Waals surface area contributed by atoms with E-state index in [1.165, 1.54) is 44.9 Å². The van der Waals surface area contributed by atoms with Crippen molar-refractivity contribution in [3.05, 3.63) is 0 Å². The van der Waals surface area contributed by atoms with Crippen molar-refractivity contribution in [2.24, 2.45) is 0 Å². The van der Waals surface area contributed by atoms with Gasteiger partial charge in [-0.15, -0.1) is 12.3 Å². The largest absolute Gasteiger partial charge is 0.314 e. The third-order valence-corrected chi connectivity index (χ3v) is 2.71. The van der Waals surface area contributed by atoms with Crippen LogP contribution in [0.15, 0.2) is 0 Å². The van der Waals surface area contributed by atoms with Gasteiger partial charge in [0.15, 0.2) is 0 Å². The summed E-state index contributed by atoms with van der Waals surface area (Å²) in [5, 5.41) is 3.62. The molecule has 0 saturated heterocycles. The third kappa shape index (κ3) is 9.82. The van der Waals surface area contributed by atoms with Gasteiger partial charge in [-0.2, -0.15) is 0 Å². The molecular weight excluding hydrogens is 182 g/mol. The van der Waals surface area contributed by atoms with Gasteiger partial charge in [0.05, 0.1) is 0 Å². The fourth-order valence-electron chi connectivity index (χ4n) is 1.79. The summed E-state index contributed by atoms with van der Waals surface area (Å²) in [4.78, 5) is 0. The van der Waals surface area contributed by atoms with Crippen LogP contribution in [0.1, 0.15) is 65.2 Å². The second kappa shape index (κ2) is 11.6. The van der Waals surface area contributed by atoms with Gasteiger partial charge in [0.25, 0.3) is 0 Å². The molecule has 0 rings (SSSR count). The number of unbranched alkanes of at least 4 members (excludes halogenated alkanes) is 3.